The van der Waals surface area contributed by atoms with Gasteiger partial charge >= 0.3 is 0 Å². The average Bonchev–Trinajstić information content (AvgIpc) is 2.41. The molecular weight excluding hydrogens is 248 g/mol. The van der Waals surface area contributed by atoms with Gasteiger partial charge < -0.3 is 5.32 Å². The minimum absolute atomic E-state index is 0.709. The zero-order valence-electron chi connectivity index (χ0n) is 12.9. The molecule has 20 heavy (non-hydrogen) atoms. The fourth-order valence-electron chi connectivity index (χ4n) is 2.30. The Balaban J connectivity index is 2.58. The number of pyridine rings is 1. The molecule has 0 radical (unpaired) electrons. The summed E-state index contributed by atoms with van der Waals surface area (Å²) in [5.74, 6) is 1.62. The maximum atomic E-state index is 4.68. The van der Waals surface area contributed by atoms with Gasteiger partial charge in [-0.25, -0.2) is 9.97 Å². The van der Waals surface area contributed by atoms with Crippen LogP contribution in [0.25, 0.3) is 11.5 Å². The molecule has 106 valence electrons. The monoisotopic (exact) mass is 270 g/mol. The second kappa shape index (κ2) is 5.99. The van der Waals surface area contributed by atoms with Gasteiger partial charge in [-0.05, 0) is 45.2 Å². The zero-order chi connectivity index (χ0) is 14.7. The minimum atomic E-state index is 0.709. The lowest BCUT2D eigenvalue weighted by Crippen LogP contribution is -2.08. The smallest absolute Gasteiger partial charge is 0.180 e. The van der Waals surface area contributed by atoms with Crippen molar-refractivity contribution in [3.8, 4) is 11.5 Å². The normalized spacial score (nSPS) is 10.7. The van der Waals surface area contributed by atoms with Crippen LogP contribution in [0.4, 0.5) is 5.82 Å². The Morgan fingerprint density at radius 3 is 2.45 bits per heavy atom. The molecule has 0 spiro atoms. The van der Waals surface area contributed by atoms with Gasteiger partial charge in [-0.2, -0.15) is 0 Å². The molecule has 1 N–H and O–H groups in total. The molecule has 0 fully saturated rings. The minimum Gasteiger partial charge on any atom is -0.370 e. The summed E-state index contributed by atoms with van der Waals surface area (Å²) in [5.41, 5.74) is 5.33. The van der Waals surface area contributed by atoms with Crippen molar-refractivity contribution < 1.29 is 0 Å². The van der Waals surface area contributed by atoms with Crippen LogP contribution in [0.1, 0.15) is 36.2 Å². The van der Waals surface area contributed by atoms with E-state index in [0.717, 1.165) is 46.9 Å². The molecule has 0 unspecified atom stereocenters. The Bertz CT molecular complexity index is 620. The van der Waals surface area contributed by atoms with Gasteiger partial charge in [-0.1, -0.05) is 13.0 Å². The molecule has 0 aromatic carbocycles. The molecule has 0 aliphatic rings. The van der Waals surface area contributed by atoms with Crippen molar-refractivity contribution in [2.75, 3.05) is 11.9 Å². The second-order valence-corrected chi connectivity index (χ2v) is 5.03. The fraction of sp³-hybridized carbons (Fsp3) is 0.438. The molecule has 0 saturated heterocycles. The molecule has 0 atom stereocenters. The molecule has 0 aliphatic carbocycles. The predicted octanol–water partition coefficient (Wildman–Crippen LogP) is 3.46. The van der Waals surface area contributed by atoms with Crippen LogP contribution in [0, 0.1) is 20.8 Å². The number of anilines is 1. The van der Waals surface area contributed by atoms with Gasteiger partial charge in [0.05, 0.1) is 0 Å². The molecule has 0 bridgehead atoms. The Kier molecular flexibility index (Phi) is 4.32. The topological polar surface area (TPSA) is 50.7 Å². The van der Waals surface area contributed by atoms with Crippen LogP contribution < -0.4 is 5.32 Å². The van der Waals surface area contributed by atoms with Crippen molar-refractivity contribution in [2.24, 2.45) is 0 Å². The molecule has 2 aromatic rings. The lowest BCUT2D eigenvalue weighted by atomic mass is 10.1. The molecule has 2 aromatic heterocycles. The number of aryl methyl sites for hydroxylation is 3. The third-order valence-electron chi connectivity index (χ3n) is 3.35. The quantitative estimate of drug-likeness (QED) is 0.924. The van der Waals surface area contributed by atoms with Gasteiger partial charge in [0, 0.05) is 24.0 Å². The van der Waals surface area contributed by atoms with Crippen molar-refractivity contribution >= 4 is 5.82 Å². The fourth-order valence-corrected chi connectivity index (χ4v) is 2.30. The standard InChI is InChI=1S/C16H22N4/c1-6-13-12(5)15(17-7-2)20-16(19-13)14-11(4)8-10(3)9-18-14/h8-9H,6-7H2,1-5H3,(H,17,19,20). The van der Waals surface area contributed by atoms with Gasteiger partial charge in [0.25, 0.3) is 0 Å². The molecule has 0 amide bonds. The van der Waals surface area contributed by atoms with E-state index in [1.54, 1.807) is 0 Å². The highest BCUT2D eigenvalue weighted by atomic mass is 15.0. The highest BCUT2D eigenvalue weighted by Crippen LogP contribution is 2.23. The Morgan fingerprint density at radius 1 is 1.10 bits per heavy atom. The van der Waals surface area contributed by atoms with Crippen molar-refractivity contribution in [2.45, 2.75) is 41.0 Å². The van der Waals surface area contributed by atoms with Crippen LogP contribution >= 0.6 is 0 Å². The van der Waals surface area contributed by atoms with Crippen molar-refractivity contribution in [3.05, 3.63) is 34.6 Å². The van der Waals surface area contributed by atoms with E-state index in [2.05, 4.69) is 54.0 Å². The Hall–Kier alpha value is -1.97. The summed E-state index contributed by atoms with van der Waals surface area (Å²) in [7, 11) is 0. The van der Waals surface area contributed by atoms with Crippen molar-refractivity contribution in [1.82, 2.24) is 15.0 Å². The summed E-state index contributed by atoms with van der Waals surface area (Å²) in [6, 6.07) is 2.12. The number of nitrogens with one attached hydrogen (secondary N) is 1. The predicted molar refractivity (Wildman–Crippen MR) is 83.0 cm³/mol. The van der Waals surface area contributed by atoms with Crippen LogP contribution in [0.3, 0.4) is 0 Å². The van der Waals surface area contributed by atoms with E-state index < -0.39 is 0 Å². The van der Waals surface area contributed by atoms with Crippen molar-refractivity contribution in [3.63, 3.8) is 0 Å². The number of aromatic nitrogens is 3. The largest absolute Gasteiger partial charge is 0.370 e. The first-order valence-electron chi connectivity index (χ1n) is 7.11. The summed E-state index contributed by atoms with van der Waals surface area (Å²) in [6.07, 6.45) is 2.76. The Labute approximate surface area is 120 Å². The number of hydrogen-bond acceptors (Lipinski definition) is 4. The summed E-state index contributed by atoms with van der Waals surface area (Å²) in [6.45, 7) is 11.2. The SMILES string of the molecule is CCNc1nc(-c2ncc(C)cc2C)nc(CC)c1C. The number of nitrogens with zero attached hydrogens (tertiary/aromatic N) is 3. The van der Waals surface area contributed by atoms with Gasteiger partial charge in [0.15, 0.2) is 5.82 Å². The van der Waals surface area contributed by atoms with Gasteiger partial charge in [0.1, 0.15) is 11.5 Å². The van der Waals surface area contributed by atoms with Crippen LogP contribution in [0.15, 0.2) is 12.3 Å². The number of hydrogen-bond donors (Lipinski definition) is 1. The lowest BCUT2D eigenvalue weighted by molar-refractivity contribution is 0.962. The van der Waals surface area contributed by atoms with E-state index >= 15 is 0 Å². The Morgan fingerprint density at radius 2 is 1.85 bits per heavy atom. The van der Waals surface area contributed by atoms with E-state index in [1.165, 1.54) is 0 Å². The zero-order valence-corrected chi connectivity index (χ0v) is 12.9. The first-order valence-corrected chi connectivity index (χ1v) is 7.11. The van der Waals surface area contributed by atoms with Crippen molar-refractivity contribution in [1.29, 1.82) is 0 Å². The molecule has 4 nitrogen and oxygen atoms in total. The number of rotatable bonds is 4. The van der Waals surface area contributed by atoms with E-state index in [1.807, 2.05) is 13.1 Å². The van der Waals surface area contributed by atoms with E-state index in [0.29, 0.717) is 5.82 Å². The molecule has 4 heteroatoms. The molecule has 2 heterocycles. The van der Waals surface area contributed by atoms with Crippen LogP contribution in [-0.2, 0) is 6.42 Å². The van der Waals surface area contributed by atoms with Gasteiger partial charge in [0.2, 0.25) is 0 Å². The molecule has 2 rings (SSSR count). The highest BCUT2D eigenvalue weighted by Gasteiger charge is 2.13. The first kappa shape index (κ1) is 14.4. The summed E-state index contributed by atoms with van der Waals surface area (Å²) in [5, 5.41) is 3.31. The van der Waals surface area contributed by atoms with Gasteiger partial charge in [-0.3, -0.25) is 4.98 Å². The second-order valence-electron chi connectivity index (χ2n) is 5.03. The third-order valence-corrected chi connectivity index (χ3v) is 3.35. The van der Waals surface area contributed by atoms with E-state index in [9.17, 15) is 0 Å². The summed E-state index contributed by atoms with van der Waals surface area (Å²) in [4.78, 5) is 13.8. The van der Waals surface area contributed by atoms with E-state index in [4.69, 9.17) is 0 Å². The molecule has 0 aliphatic heterocycles. The van der Waals surface area contributed by atoms with Crippen LogP contribution in [0.5, 0.6) is 0 Å². The first-order chi connectivity index (χ1) is 9.56. The maximum Gasteiger partial charge on any atom is 0.180 e. The lowest BCUT2D eigenvalue weighted by Gasteiger charge is -2.13. The summed E-state index contributed by atoms with van der Waals surface area (Å²) < 4.78 is 0. The van der Waals surface area contributed by atoms with E-state index in [-0.39, 0.29) is 0 Å². The summed E-state index contributed by atoms with van der Waals surface area (Å²) >= 11 is 0. The average molecular weight is 270 g/mol. The molecule has 0 saturated carbocycles. The highest BCUT2D eigenvalue weighted by molar-refractivity contribution is 5.59. The van der Waals surface area contributed by atoms with Gasteiger partial charge in [-0.15, -0.1) is 0 Å². The maximum absolute atomic E-state index is 4.68. The molecular formula is C16H22N4. The third kappa shape index (κ3) is 2.79. The van der Waals surface area contributed by atoms with Crippen LogP contribution in [0.2, 0.25) is 0 Å². The van der Waals surface area contributed by atoms with Crippen LogP contribution in [-0.4, -0.2) is 21.5 Å².